The van der Waals surface area contributed by atoms with Gasteiger partial charge < -0.3 is 4.57 Å². The van der Waals surface area contributed by atoms with Gasteiger partial charge in [-0.25, -0.2) is 9.20 Å². The van der Waals surface area contributed by atoms with Crippen molar-refractivity contribution in [2.45, 2.75) is 0 Å². The van der Waals surface area contributed by atoms with E-state index in [1.54, 1.807) is 17.7 Å². The first-order chi connectivity index (χ1) is 9.07. The van der Waals surface area contributed by atoms with Crippen molar-refractivity contribution in [2.75, 3.05) is 0 Å². The summed E-state index contributed by atoms with van der Waals surface area (Å²) in [6, 6.07) is 9.18. The van der Waals surface area contributed by atoms with Crippen LogP contribution in [0.1, 0.15) is 5.56 Å². The van der Waals surface area contributed by atoms with E-state index in [2.05, 4.69) is 0 Å². The molecular weight excluding hydrogens is 244 g/mol. The Morgan fingerprint density at radius 1 is 1.05 bits per heavy atom. The molecule has 0 amide bonds. The van der Waals surface area contributed by atoms with Crippen LogP contribution >= 0.6 is 0 Å². The van der Waals surface area contributed by atoms with E-state index in [1.807, 2.05) is 24.3 Å². The lowest BCUT2D eigenvalue weighted by molar-refractivity contribution is 0.755. The molecule has 2 heterocycles. The van der Waals surface area contributed by atoms with E-state index >= 15 is 0 Å². The van der Waals surface area contributed by atoms with Crippen molar-refractivity contribution < 1.29 is 0 Å². The van der Waals surface area contributed by atoms with Gasteiger partial charge in [-0.3, -0.25) is 9.36 Å². The highest BCUT2D eigenvalue weighted by Crippen LogP contribution is 2.18. The minimum absolute atomic E-state index is 0.0270. The van der Waals surface area contributed by atoms with Gasteiger partial charge >= 0.3 is 5.69 Å². The molecule has 0 saturated heterocycles. The van der Waals surface area contributed by atoms with Crippen LogP contribution in [0, 0.1) is 11.3 Å². The summed E-state index contributed by atoms with van der Waals surface area (Å²) in [5.74, 6) is 0. The molecule has 0 radical (unpaired) electrons. The minimum Gasteiger partial charge on any atom is -0.327 e. The lowest BCUT2D eigenvalue weighted by atomic mass is 10.3. The maximum atomic E-state index is 12.2. The maximum absolute atomic E-state index is 12.2. The Hall–Kier alpha value is -2.81. The molecule has 0 bridgehead atoms. The standard InChI is InChI=1S/C13H10N4O2/c1-15-9-5-3-4-6-10(9)17-11(15)8(7-14)12(18)16(2)13(17)19/h3-6H,1-2H3. The Bertz CT molecular complexity index is 982. The molecule has 0 spiro atoms. The number of rotatable bonds is 0. The fourth-order valence-corrected chi connectivity index (χ4v) is 2.39. The number of aromatic nitrogens is 3. The highest BCUT2D eigenvalue weighted by atomic mass is 16.2. The first kappa shape index (κ1) is 11.3. The highest BCUT2D eigenvalue weighted by Gasteiger charge is 2.18. The van der Waals surface area contributed by atoms with Gasteiger partial charge in [-0.15, -0.1) is 0 Å². The molecule has 0 unspecified atom stereocenters. The second-order valence-corrected chi connectivity index (χ2v) is 4.34. The molecule has 0 aliphatic rings. The largest absolute Gasteiger partial charge is 0.337 e. The summed E-state index contributed by atoms with van der Waals surface area (Å²) < 4.78 is 4.05. The number of hydrogen-bond acceptors (Lipinski definition) is 3. The van der Waals surface area contributed by atoms with E-state index in [1.165, 1.54) is 11.4 Å². The van der Waals surface area contributed by atoms with Gasteiger partial charge in [0.2, 0.25) is 0 Å². The summed E-state index contributed by atoms with van der Waals surface area (Å²) in [7, 11) is 3.11. The zero-order chi connectivity index (χ0) is 13.7. The Kier molecular flexibility index (Phi) is 2.13. The smallest absolute Gasteiger partial charge is 0.327 e. The van der Waals surface area contributed by atoms with E-state index < -0.39 is 11.2 Å². The number of nitrogens with zero attached hydrogens (tertiary/aromatic N) is 4. The monoisotopic (exact) mass is 254 g/mol. The van der Waals surface area contributed by atoms with Crippen LogP contribution in [-0.4, -0.2) is 13.5 Å². The lowest BCUT2D eigenvalue weighted by Gasteiger charge is -2.02. The summed E-state index contributed by atoms with van der Waals surface area (Å²) in [5, 5.41) is 9.19. The van der Waals surface area contributed by atoms with E-state index in [4.69, 9.17) is 0 Å². The molecule has 0 N–H and O–H groups in total. The molecule has 2 aromatic heterocycles. The van der Waals surface area contributed by atoms with Gasteiger partial charge in [0.25, 0.3) is 5.56 Å². The third kappa shape index (κ3) is 1.24. The van der Waals surface area contributed by atoms with E-state index in [0.717, 1.165) is 10.1 Å². The third-order valence-corrected chi connectivity index (χ3v) is 3.35. The van der Waals surface area contributed by atoms with Crippen LogP contribution in [0.2, 0.25) is 0 Å². The number of aryl methyl sites for hydroxylation is 1. The quantitative estimate of drug-likeness (QED) is 0.581. The van der Waals surface area contributed by atoms with Gasteiger partial charge in [0, 0.05) is 14.1 Å². The van der Waals surface area contributed by atoms with Crippen molar-refractivity contribution in [2.24, 2.45) is 14.1 Å². The van der Waals surface area contributed by atoms with Gasteiger partial charge in [-0.05, 0) is 12.1 Å². The average Bonchev–Trinajstić information content (AvgIpc) is 2.72. The summed E-state index contributed by atoms with van der Waals surface area (Å²) >= 11 is 0. The number of benzene rings is 1. The Balaban J connectivity index is 2.85. The Morgan fingerprint density at radius 2 is 1.68 bits per heavy atom. The molecule has 0 aliphatic carbocycles. The summed E-state index contributed by atoms with van der Waals surface area (Å²) in [6.07, 6.45) is 0. The second-order valence-electron chi connectivity index (χ2n) is 4.34. The van der Waals surface area contributed by atoms with E-state index in [0.29, 0.717) is 11.2 Å². The molecule has 0 saturated carbocycles. The van der Waals surface area contributed by atoms with Crippen molar-refractivity contribution >= 4 is 16.7 Å². The Morgan fingerprint density at radius 3 is 2.32 bits per heavy atom. The summed E-state index contributed by atoms with van der Waals surface area (Å²) in [6.45, 7) is 0. The zero-order valence-electron chi connectivity index (χ0n) is 10.4. The molecule has 19 heavy (non-hydrogen) atoms. The van der Waals surface area contributed by atoms with Gasteiger partial charge in [0.1, 0.15) is 11.7 Å². The summed E-state index contributed by atoms with van der Waals surface area (Å²) in [4.78, 5) is 24.2. The van der Waals surface area contributed by atoms with E-state index in [9.17, 15) is 14.9 Å². The molecule has 6 heteroatoms. The maximum Gasteiger partial charge on any atom is 0.337 e. The number of nitriles is 1. The topological polar surface area (TPSA) is 72.2 Å². The first-order valence-corrected chi connectivity index (χ1v) is 5.67. The van der Waals surface area contributed by atoms with Crippen LogP contribution in [0.4, 0.5) is 0 Å². The molecule has 0 fully saturated rings. The van der Waals surface area contributed by atoms with Crippen LogP contribution in [0.5, 0.6) is 0 Å². The molecule has 3 aromatic rings. The SMILES string of the molecule is Cn1c(=O)c(C#N)c2n(C)c3ccccc3n2c1=O. The van der Waals surface area contributed by atoms with Crippen molar-refractivity contribution in [1.29, 1.82) is 5.26 Å². The van der Waals surface area contributed by atoms with Crippen LogP contribution in [-0.2, 0) is 14.1 Å². The lowest BCUT2D eigenvalue weighted by Crippen LogP contribution is -2.36. The second kappa shape index (κ2) is 3.59. The van der Waals surface area contributed by atoms with Crippen LogP contribution < -0.4 is 11.2 Å². The van der Waals surface area contributed by atoms with Crippen LogP contribution in [0.15, 0.2) is 33.9 Å². The van der Waals surface area contributed by atoms with Crippen molar-refractivity contribution in [1.82, 2.24) is 13.5 Å². The molecular formula is C13H10N4O2. The first-order valence-electron chi connectivity index (χ1n) is 5.67. The van der Waals surface area contributed by atoms with Gasteiger partial charge in [-0.2, -0.15) is 5.26 Å². The van der Waals surface area contributed by atoms with Crippen molar-refractivity contribution in [3.05, 3.63) is 50.7 Å². The zero-order valence-corrected chi connectivity index (χ0v) is 10.4. The highest BCUT2D eigenvalue weighted by molar-refractivity contribution is 5.83. The number of imidazole rings is 1. The normalized spacial score (nSPS) is 11.0. The predicted octanol–water partition coefficient (Wildman–Crippen LogP) is 0.362. The molecule has 3 rings (SSSR count). The average molecular weight is 254 g/mol. The fraction of sp³-hybridized carbons (Fsp3) is 0.154. The number of para-hydroxylation sites is 2. The molecule has 1 aromatic carbocycles. The minimum atomic E-state index is -0.571. The van der Waals surface area contributed by atoms with Gasteiger partial charge in [0.05, 0.1) is 11.0 Å². The van der Waals surface area contributed by atoms with Crippen molar-refractivity contribution in [3.8, 4) is 6.07 Å². The summed E-state index contributed by atoms with van der Waals surface area (Å²) in [5.41, 5.74) is 0.755. The molecule has 0 aliphatic heterocycles. The number of hydrogen-bond donors (Lipinski definition) is 0. The molecule has 94 valence electrons. The third-order valence-electron chi connectivity index (χ3n) is 3.35. The molecule has 0 atom stereocenters. The van der Waals surface area contributed by atoms with E-state index in [-0.39, 0.29) is 5.56 Å². The van der Waals surface area contributed by atoms with Crippen LogP contribution in [0.25, 0.3) is 16.7 Å². The van der Waals surface area contributed by atoms with Crippen LogP contribution in [0.3, 0.4) is 0 Å². The molecule has 6 nitrogen and oxygen atoms in total. The van der Waals surface area contributed by atoms with Crippen molar-refractivity contribution in [3.63, 3.8) is 0 Å². The van der Waals surface area contributed by atoms with Gasteiger partial charge in [-0.1, -0.05) is 12.1 Å². The predicted molar refractivity (Wildman–Crippen MR) is 70.1 cm³/mol. The van der Waals surface area contributed by atoms with Gasteiger partial charge in [0.15, 0.2) is 5.56 Å². The fourth-order valence-electron chi connectivity index (χ4n) is 2.39. The Labute approximate surface area is 107 Å². The number of fused-ring (bicyclic) bond motifs is 3.